The molecule has 0 aromatic rings. The van der Waals surface area contributed by atoms with E-state index < -0.39 is 0 Å². The molecule has 30 valence electrons. The average molecular weight is 71.1 g/mol. The second kappa shape index (κ2) is 3.96. The fourth-order valence-electron chi connectivity index (χ4n) is 0.118. The first-order valence-electron chi connectivity index (χ1n) is 1.72. The maximum atomic E-state index is 5.04. The average Bonchev–Trinajstić information content (AvgIpc) is 1.41. The van der Waals surface area contributed by atoms with Gasteiger partial charge in [0.1, 0.15) is 0 Å². The molecule has 0 saturated heterocycles. The van der Waals surface area contributed by atoms with E-state index in [4.69, 9.17) is 5.73 Å². The van der Waals surface area contributed by atoms with Crippen LogP contribution in [0.15, 0.2) is 0 Å². The Labute approximate surface area is 33.2 Å². The van der Waals surface area contributed by atoms with Crippen molar-refractivity contribution in [2.45, 2.75) is 6.42 Å². The van der Waals surface area contributed by atoms with Gasteiger partial charge >= 0.3 is 0 Å². The van der Waals surface area contributed by atoms with E-state index >= 15 is 0 Å². The first kappa shape index (κ1) is 4.96. The number of nitrogens with two attached hydrogens (primary N) is 1. The highest BCUT2D eigenvalue weighted by atomic mass is 14.5. The Hall–Kier alpha value is -0.0400. The molecule has 0 atom stereocenters. The van der Waals surface area contributed by atoms with Gasteiger partial charge in [0.2, 0.25) is 0 Å². The van der Waals surface area contributed by atoms with E-state index in [-0.39, 0.29) is 0 Å². The van der Waals surface area contributed by atoms with E-state index in [0.717, 1.165) is 6.42 Å². The minimum atomic E-state index is 0.656. The molecule has 0 aliphatic heterocycles. The van der Waals surface area contributed by atoms with Gasteiger partial charge in [-0.05, 0) is 19.4 Å². The van der Waals surface area contributed by atoms with Gasteiger partial charge in [-0.15, -0.1) is 0 Å². The lowest BCUT2D eigenvalue weighted by Crippen LogP contribution is -1.96. The van der Waals surface area contributed by atoms with Crippen LogP contribution in [-0.4, -0.2) is 6.54 Å². The minimum Gasteiger partial charge on any atom is -0.330 e. The Morgan fingerprint density at radius 1 is 1.80 bits per heavy atom. The van der Waals surface area contributed by atoms with Gasteiger partial charge in [0, 0.05) is 0 Å². The summed E-state index contributed by atoms with van der Waals surface area (Å²) in [6, 6.07) is 0. The molecule has 1 nitrogen and oxygen atoms in total. The molecule has 2 N–H and O–H groups in total. The highest BCUT2D eigenvalue weighted by molar-refractivity contribution is 4.64. The number of hydrogen-bond acceptors (Lipinski definition) is 1. The summed E-state index contributed by atoms with van der Waals surface area (Å²) >= 11 is 0. The van der Waals surface area contributed by atoms with Crippen molar-refractivity contribution in [2.75, 3.05) is 6.54 Å². The van der Waals surface area contributed by atoms with Crippen LogP contribution in [0, 0.1) is 13.3 Å². The summed E-state index contributed by atoms with van der Waals surface area (Å²) in [5, 5.41) is 0. The molecule has 0 unspecified atom stereocenters. The van der Waals surface area contributed by atoms with Crippen molar-refractivity contribution in [3.8, 4) is 0 Å². The van der Waals surface area contributed by atoms with Crippen molar-refractivity contribution in [1.82, 2.24) is 0 Å². The molecule has 0 fully saturated rings. The van der Waals surface area contributed by atoms with Crippen LogP contribution in [0.25, 0.3) is 0 Å². The molecule has 0 aliphatic rings. The van der Waals surface area contributed by atoms with Crippen LogP contribution in [0.5, 0.6) is 0 Å². The van der Waals surface area contributed by atoms with Crippen molar-refractivity contribution in [3.05, 3.63) is 13.3 Å². The molecular formula is C4H9N. The van der Waals surface area contributed by atoms with Crippen LogP contribution in [0.2, 0.25) is 0 Å². The number of hydrogen-bond donors (Lipinski definition) is 1. The molecule has 0 heterocycles. The third-order valence-electron chi connectivity index (χ3n) is 0.371. The third kappa shape index (κ3) is 3.96. The third-order valence-corrected chi connectivity index (χ3v) is 0.371. The second-order valence-corrected chi connectivity index (χ2v) is 0.813. The molecule has 0 aliphatic carbocycles. The van der Waals surface area contributed by atoms with Gasteiger partial charge in [0.25, 0.3) is 0 Å². The predicted octanol–water partition coefficient (Wildman–Crippen LogP) is 0.374. The first-order chi connectivity index (χ1) is 2.41. The smallest absolute Gasteiger partial charge is 0.00457 e. The molecule has 0 amide bonds. The summed E-state index contributed by atoms with van der Waals surface area (Å²) in [5.41, 5.74) is 5.04. The Balaban J connectivity index is 2.19. The van der Waals surface area contributed by atoms with Crippen LogP contribution >= 0.6 is 0 Å². The van der Waals surface area contributed by atoms with Gasteiger partial charge < -0.3 is 5.73 Å². The highest BCUT2D eigenvalue weighted by Crippen LogP contribution is 1.73. The Kier molecular flexibility index (Phi) is 3.93. The summed E-state index contributed by atoms with van der Waals surface area (Å²) in [6.07, 6.45) is 2.76. The van der Waals surface area contributed by atoms with Crippen molar-refractivity contribution >= 4 is 0 Å². The van der Waals surface area contributed by atoms with Crippen molar-refractivity contribution < 1.29 is 0 Å². The van der Waals surface area contributed by atoms with E-state index in [9.17, 15) is 0 Å². The zero-order valence-corrected chi connectivity index (χ0v) is 3.28. The van der Waals surface area contributed by atoms with Gasteiger partial charge in [0.05, 0.1) is 0 Å². The lowest BCUT2D eigenvalue weighted by molar-refractivity contribution is 1.06. The first-order valence-corrected chi connectivity index (χ1v) is 1.72. The predicted molar refractivity (Wildman–Crippen MR) is 23.3 cm³/mol. The summed E-state index contributed by atoms with van der Waals surface area (Å²) in [6.45, 7) is 4.20. The van der Waals surface area contributed by atoms with Gasteiger partial charge in [-0.1, -0.05) is 6.92 Å². The standard InChI is InChI=1S/C4H9N/c1-2-3-4-5/h3H,1-2,4-5H2. The van der Waals surface area contributed by atoms with Crippen molar-refractivity contribution in [3.63, 3.8) is 0 Å². The molecule has 0 aromatic heterocycles. The molecule has 5 heavy (non-hydrogen) atoms. The Morgan fingerprint density at radius 3 is 2.40 bits per heavy atom. The summed E-state index contributed by atoms with van der Waals surface area (Å²) in [7, 11) is 0. The molecule has 0 bridgehead atoms. The fraction of sp³-hybridized carbons (Fsp3) is 0.500. The van der Waals surface area contributed by atoms with E-state index in [1.165, 1.54) is 0 Å². The Morgan fingerprint density at radius 2 is 2.40 bits per heavy atom. The van der Waals surface area contributed by atoms with E-state index in [1.54, 1.807) is 0 Å². The van der Waals surface area contributed by atoms with Gasteiger partial charge in [0.15, 0.2) is 0 Å². The molecule has 0 rings (SSSR count). The van der Waals surface area contributed by atoms with Gasteiger partial charge in [-0.25, -0.2) is 0 Å². The maximum absolute atomic E-state index is 5.04. The van der Waals surface area contributed by atoms with Gasteiger partial charge in [-0.3, -0.25) is 0 Å². The SMILES string of the molecule is [CH2]C[CH]CN. The quantitative estimate of drug-likeness (QED) is 0.500. The monoisotopic (exact) mass is 71.1 g/mol. The van der Waals surface area contributed by atoms with E-state index in [1.807, 2.05) is 6.42 Å². The summed E-state index contributed by atoms with van der Waals surface area (Å²) < 4.78 is 0. The molecule has 1 heteroatoms. The molecule has 0 saturated carbocycles. The summed E-state index contributed by atoms with van der Waals surface area (Å²) in [5.74, 6) is 0. The number of rotatable bonds is 2. The van der Waals surface area contributed by atoms with Crippen LogP contribution in [0.3, 0.4) is 0 Å². The van der Waals surface area contributed by atoms with E-state index in [0.29, 0.717) is 6.54 Å². The molecule has 0 spiro atoms. The molecule has 0 aromatic carbocycles. The lowest BCUT2D eigenvalue weighted by Gasteiger charge is -1.79. The number of unbranched alkanes of at least 4 members (excludes halogenated alkanes) is 1. The molecule has 2 radical (unpaired) electrons. The topological polar surface area (TPSA) is 26.0 Å². The van der Waals surface area contributed by atoms with Crippen molar-refractivity contribution in [1.29, 1.82) is 0 Å². The highest BCUT2D eigenvalue weighted by Gasteiger charge is 1.68. The van der Waals surface area contributed by atoms with E-state index in [2.05, 4.69) is 6.92 Å². The largest absolute Gasteiger partial charge is 0.330 e. The zero-order chi connectivity index (χ0) is 4.12. The van der Waals surface area contributed by atoms with Crippen LogP contribution in [0.4, 0.5) is 0 Å². The maximum Gasteiger partial charge on any atom is -0.00457 e. The van der Waals surface area contributed by atoms with Gasteiger partial charge in [-0.2, -0.15) is 0 Å². The van der Waals surface area contributed by atoms with Crippen LogP contribution in [0.1, 0.15) is 6.42 Å². The summed E-state index contributed by atoms with van der Waals surface area (Å²) in [4.78, 5) is 0. The fourth-order valence-corrected chi connectivity index (χ4v) is 0.118. The lowest BCUT2D eigenvalue weighted by atomic mass is 10.3. The van der Waals surface area contributed by atoms with Crippen molar-refractivity contribution in [2.24, 2.45) is 5.73 Å². The zero-order valence-electron chi connectivity index (χ0n) is 3.28. The minimum absolute atomic E-state index is 0.656. The van der Waals surface area contributed by atoms with Crippen LogP contribution < -0.4 is 5.73 Å². The van der Waals surface area contributed by atoms with Crippen LogP contribution in [-0.2, 0) is 0 Å². The Bertz CT molecular complexity index is 11.1. The molecular weight excluding hydrogens is 62.1 g/mol. The second-order valence-electron chi connectivity index (χ2n) is 0.813. The normalized spacial score (nSPS) is 8.40.